The third kappa shape index (κ3) is 4.35. The average Bonchev–Trinajstić information content (AvgIpc) is 3.30. The van der Waals surface area contributed by atoms with E-state index in [4.69, 9.17) is 0 Å². The fourth-order valence-corrected chi connectivity index (χ4v) is 4.75. The number of urea groups is 1. The van der Waals surface area contributed by atoms with Crippen molar-refractivity contribution in [3.8, 4) is 0 Å². The van der Waals surface area contributed by atoms with Gasteiger partial charge >= 0.3 is 6.03 Å². The van der Waals surface area contributed by atoms with E-state index < -0.39 is 23.1 Å². The summed E-state index contributed by atoms with van der Waals surface area (Å²) in [5.74, 6) is 0.127. The number of likely N-dealkylation sites (tertiary alicyclic amines) is 1. The molecule has 0 aliphatic carbocycles. The number of aryl methyl sites for hydroxylation is 2. The van der Waals surface area contributed by atoms with E-state index in [1.165, 1.54) is 0 Å². The molecule has 4 rings (SSSR count). The summed E-state index contributed by atoms with van der Waals surface area (Å²) in [5, 5.41) is 19.1. The SMILES string of the molecule is Cc1cnc(N[C@H]2C[C@@H](C(C)(C)O)N(C(=O)c3ccc([C@@]4(C)NC(=O)NC4=O)cc3)C2)c(C)c1. The van der Waals surface area contributed by atoms with E-state index >= 15 is 0 Å². The van der Waals surface area contributed by atoms with E-state index in [1.54, 1.807) is 56.1 Å². The molecule has 2 aliphatic rings. The zero-order valence-corrected chi connectivity index (χ0v) is 20.1. The number of carbonyl (C=O) groups excluding carboxylic acids is 3. The largest absolute Gasteiger partial charge is 0.388 e. The number of imide groups is 1. The Morgan fingerprint density at radius 3 is 2.47 bits per heavy atom. The molecule has 9 nitrogen and oxygen atoms in total. The summed E-state index contributed by atoms with van der Waals surface area (Å²) >= 11 is 0. The maximum absolute atomic E-state index is 13.5. The molecule has 0 bridgehead atoms. The minimum Gasteiger partial charge on any atom is -0.388 e. The van der Waals surface area contributed by atoms with Gasteiger partial charge in [0.25, 0.3) is 11.8 Å². The zero-order chi connectivity index (χ0) is 24.8. The fraction of sp³-hybridized carbons (Fsp3) is 0.440. The molecule has 0 radical (unpaired) electrons. The van der Waals surface area contributed by atoms with E-state index in [2.05, 4.69) is 27.0 Å². The van der Waals surface area contributed by atoms with Gasteiger partial charge in [-0.1, -0.05) is 18.2 Å². The Morgan fingerprint density at radius 2 is 1.91 bits per heavy atom. The van der Waals surface area contributed by atoms with E-state index in [0.717, 1.165) is 16.9 Å². The monoisotopic (exact) mass is 465 g/mol. The molecule has 4 amide bonds. The molecule has 2 aliphatic heterocycles. The lowest BCUT2D eigenvalue weighted by Crippen LogP contribution is -2.48. The van der Waals surface area contributed by atoms with Gasteiger partial charge < -0.3 is 20.6 Å². The van der Waals surface area contributed by atoms with E-state index in [0.29, 0.717) is 24.1 Å². The highest BCUT2D eigenvalue weighted by molar-refractivity contribution is 6.07. The Morgan fingerprint density at radius 1 is 1.24 bits per heavy atom. The van der Waals surface area contributed by atoms with Gasteiger partial charge in [0.15, 0.2) is 0 Å². The van der Waals surface area contributed by atoms with Gasteiger partial charge in [0.2, 0.25) is 0 Å². The Labute approximate surface area is 198 Å². The maximum atomic E-state index is 13.5. The molecule has 2 fully saturated rings. The summed E-state index contributed by atoms with van der Waals surface area (Å²) in [5.41, 5.74) is 0.839. The number of amides is 4. The van der Waals surface area contributed by atoms with Crippen LogP contribution < -0.4 is 16.0 Å². The van der Waals surface area contributed by atoms with Crippen molar-refractivity contribution in [1.82, 2.24) is 20.5 Å². The summed E-state index contributed by atoms with van der Waals surface area (Å²) in [7, 11) is 0. The number of aliphatic hydroxyl groups is 1. The third-order valence-corrected chi connectivity index (χ3v) is 6.69. The summed E-state index contributed by atoms with van der Waals surface area (Å²) in [6, 6.07) is 7.68. The first kappa shape index (κ1) is 23.7. The lowest BCUT2D eigenvalue weighted by Gasteiger charge is -2.33. The number of aromatic nitrogens is 1. The van der Waals surface area contributed by atoms with Crippen LogP contribution in [0.3, 0.4) is 0 Å². The second-order valence-electron chi connectivity index (χ2n) is 9.99. The van der Waals surface area contributed by atoms with Crippen LogP contribution in [0.25, 0.3) is 0 Å². The van der Waals surface area contributed by atoms with Gasteiger partial charge in [-0.3, -0.25) is 14.9 Å². The smallest absolute Gasteiger partial charge is 0.322 e. The number of carbonyl (C=O) groups is 3. The fourth-order valence-electron chi connectivity index (χ4n) is 4.75. The average molecular weight is 466 g/mol. The summed E-state index contributed by atoms with van der Waals surface area (Å²) in [6.45, 7) is 9.43. The number of rotatable bonds is 5. The molecule has 2 saturated heterocycles. The molecule has 34 heavy (non-hydrogen) atoms. The van der Waals surface area contributed by atoms with Gasteiger partial charge in [0.1, 0.15) is 11.4 Å². The maximum Gasteiger partial charge on any atom is 0.322 e. The van der Waals surface area contributed by atoms with Crippen molar-refractivity contribution in [2.75, 3.05) is 11.9 Å². The number of nitrogens with zero attached hydrogens (tertiary/aromatic N) is 2. The van der Waals surface area contributed by atoms with Crippen molar-refractivity contribution in [1.29, 1.82) is 0 Å². The van der Waals surface area contributed by atoms with Crippen molar-refractivity contribution in [2.45, 2.75) is 64.3 Å². The third-order valence-electron chi connectivity index (χ3n) is 6.69. The molecule has 180 valence electrons. The lowest BCUT2D eigenvalue weighted by atomic mass is 9.91. The summed E-state index contributed by atoms with van der Waals surface area (Å²) in [4.78, 5) is 43.4. The Bertz CT molecular complexity index is 1140. The van der Waals surface area contributed by atoms with Gasteiger partial charge in [0, 0.05) is 24.3 Å². The van der Waals surface area contributed by atoms with Crippen molar-refractivity contribution in [2.24, 2.45) is 0 Å². The minimum atomic E-state index is -1.18. The van der Waals surface area contributed by atoms with Crippen LogP contribution >= 0.6 is 0 Å². The molecule has 1 aromatic heterocycles. The lowest BCUT2D eigenvalue weighted by molar-refractivity contribution is -0.123. The topological polar surface area (TPSA) is 124 Å². The van der Waals surface area contributed by atoms with Crippen molar-refractivity contribution in [3.63, 3.8) is 0 Å². The molecule has 2 aromatic rings. The Hall–Kier alpha value is -3.46. The van der Waals surface area contributed by atoms with Gasteiger partial charge in [0.05, 0.1) is 11.6 Å². The van der Waals surface area contributed by atoms with Gasteiger partial charge in [-0.25, -0.2) is 9.78 Å². The Balaban J connectivity index is 1.54. The van der Waals surface area contributed by atoms with Crippen LogP contribution in [-0.2, 0) is 10.3 Å². The highest BCUT2D eigenvalue weighted by atomic mass is 16.3. The molecule has 0 unspecified atom stereocenters. The number of hydrogen-bond donors (Lipinski definition) is 4. The highest BCUT2D eigenvalue weighted by Gasteiger charge is 2.45. The first-order valence-corrected chi connectivity index (χ1v) is 11.4. The standard InChI is InChI=1S/C25H31N5O4/c1-14-10-15(2)20(26-12-14)27-18-11-19(24(3,4)34)30(13-18)21(31)16-6-8-17(9-7-16)25(5)22(32)28-23(33)29-25/h6-10,12,18-19,34H,11,13H2,1-5H3,(H,26,27)(H2,28,29,32,33)/t18-,19-,25+/m0/s1. The molecular weight excluding hydrogens is 434 g/mol. The van der Waals surface area contributed by atoms with Crippen LogP contribution in [-0.4, -0.2) is 57.1 Å². The van der Waals surface area contributed by atoms with E-state index in [1.807, 2.05) is 13.8 Å². The van der Waals surface area contributed by atoms with Crippen molar-refractivity contribution < 1.29 is 19.5 Å². The van der Waals surface area contributed by atoms with Crippen molar-refractivity contribution in [3.05, 3.63) is 58.8 Å². The number of anilines is 1. The van der Waals surface area contributed by atoms with Crippen LogP contribution in [0.4, 0.5) is 10.6 Å². The summed E-state index contributed by atoms with van der Waals surface area (Å²) < 4.78 is 0. The van der Waals surface area contributed by atoms with Crippen LogP contribution in [0.15, 0.2) is 36.5 Å². The molecule has 3 atom stereocenters. The molecule has 0 saturated carbocycles. The molecule has 1 aromatic carbocycles. The highest BCUT2D eigenvalue weighted by Crippen LogP contribution is 2.31. The zero-order valence-electron chi connectivity index (χ0n) is 20.1. The first-order chi connectivity index (χ1) is 15.9. The summed E-state index contributed by atoms with van der Waals surface area (Å²) in [6.07, 6.45) is 2.38. The number of hydrogen-bond acceptors (Lipinski definition) is 6. The Kier molecular flexibility index (Phi) is 5.85. The molecule has 9 heteroatoms. The predicted octanol–water partition coefficient (Wildman–Crippen LogP) is 2.22. The second kappa shape index (κ2) is 8.39. The minimum absolute atomic E-state index is 0.0649. The van der Waals surface area contributed by atoms with E-state index in [9.17, 15) is 19.5 Å². The normalized spacial score (nSPS) is 24.7. The molecule has 3 heterocycles. The first-order valence-electron chi connectivity index (χ1n) is 11.4. The molecule has 4 N–H and O–H groups in total. The number of benzene rings is 1. The molecule has 0 spiro atoms. The van der Waals surface area contributed by atoms with Gasteiger partial charge in [-0.05, 0) is 69.9 Å². The van der Waals surface area contributed by atoms with Crippen LogP contribution in [0.1, 0.15) is 54.2 Å². The van der Waals surface area contributed by atoms with E-state index in [-0.39, 0.29) is 18.0 Å². The van der Waals surface area contributed by atoms with Crippen LogP contribution in [0.5, 0.6) is 0 Å². The predicted molar refractivity (Wildman–Crippen MR) is 127 cm³/mol. The molecular formula is C25H31N5O4. The number of nitrogens with one attached hydrogen (secondary N) is 3. The van der Waals surface area contributed by atoms with Gasteiger partial charge in [-0.15, -0.1) is 0 Å². The number of pyridine rings is 1. The quantitative estimate of drug-likeness (QED) is 0.502. The van der Waals surface area contributed by atoms with Crippen LogP contribution in [0.2, 0.25) is 0 Å². The second-order valence-corrected chi connectivity index (χ2v) is 9.99. The van der Waals surface area contributed by atoms with Crippen molar-refractivity contribution >= 4 is 23.7 Å². The van der Waals surface area contributed by atoms with Gasteiger partial charge in [-0.2, -0.15) is 0 Å². The van der Waals surface area contributed by atoms with Crippen LogP contribution in [0, 0.1) is 13.8 Å².